The van der Waals surface area contributed by atoms with Crippen molar-refractivity contribution in [2.45, 2.75) is 38.4 Å². The Bertz CT molecular complexity index is 662. The molecule has 0 amide bonds. The fraction of sp³-hybridized carbons (Fsp3) is 0.565. The van der Waals surface area contributed by atoms with Crippen LogP contribution < -0.4 is 0 Å². The first-order valence-electron chi connectivity index (χ1n) is 10.6. The third-order valence-corrected chi connectivity index (χ3v) is 3.63. The summed E-state index contributed by atoms with van der Waals surface area (Å²) in [6, 6.07) is 6.05. The summed E-state index contributed by atoms with van der Waals surface area (Å²) in [4.78, 5) is 43.1. The van der Waals surface area contributed by atoms with E-state index in [1.807, 2.05) is 0 Å². The molecule has 13 nitrogen and oxygen atoms in total. The van der Waals surface area contributed by atoms with Crippen LogP contribution in [-0.4, -0.2) is 110 Å². The van der Waals surface area contributed by atoms with Crippen LogP contribution in [0.2, 0.25) is 0 Å². The van der Waals surface area contributed by atoms with Crippen molar-refractivity contribution < 1.29 is 63.7 Å². The molecule has 1 atom stereocenters. The van der Waals surface area contributed by atoms with E-state index in [0.29, 0.717) is 17.5 Å². The Hall–Kier alpha value is -3.10. The van der Waals surface area contributed by atoms with E-state index in [2.05, 4.69) is 18.9 Å². The van der Waals surface area contributed by atoms with Gasteiger partial charge in [-0.15, -0.1) is 0 Å². The first-order chi connectivity index (χ1) is 17.0. The van der Waals surface area contributed by atoms with Crippen LogP contribution in [-0.2, 0) is 28.5 Å². The maximum atomic E-state index is 11.0. The van der Waals surface area contributed by atoms with Crippen molar-refractivity contribution in [2.75, 3.05) is 48.3 Å². The van der Waals surface area contributed by atoms with E-state index in [1.54, 1.807) is 0 Å². The number of benzene rings is 1. The summed E-state index contributed by atoms with van der Waals surface area (Å²) in [5.41, 5.74) is 0.806. The van der Waals surface area contributed by atoms with E-state index in [0.717, 1.165) is 0 Å². The number of esters is 4. The second kappa shape index (κ2) is 25.0. The lowest BCUT2D eigenvalue weighted by Gasteiger charge is -2.00. The van der Waals surface area contributed by atoms with Crippen molar-refractivity contribution in [1.82, 2.24) is 0 Å². The van der Waals surface area contributed by atoms with Gasteiger partial charge in [-0.1, -0.05) is 0 Å². The Balaban J connectivity index is -0.000000440. The minimum Gasteiger partial charge on any atom is -0.469 e. The Morgan fingerprint density at radius 3 is 1.14 bits per heavy atom. The molecule has 1 unspecified atom stereocenters. The molecule has 0 spiro atoms. The molecule has 36 heavy (non-hydrogen) atoms. The lowest BCUT2D eigenvalue weighted by Crippen LogP contribution is -2.15. The minimum absolute atomic E-state index is 0.139. The molecule has 1 rings (SSSR count). The number of carbonyl (C=O) groups excluding carboxylic acids is 4. The van der Waals surface area contributed by atoms with Gasteiger partial charge in [0.25, 0.3) is 0 Å². The highest BCUT2D eigenvalue weighted by atomic mass is 16.5. The summed E-state index contributed by atoms with van der Waals surface area (Å²) in [6.07, 6.45) is -0.490. The number of methoxy groups -OCH3 is 4. The van der Waals surface area contributed by atoms with Gasteiger partial charge in [0.2, 0.25) is 0 Å². The Morgan fingerprint density at radius 2 is 0.972 bits per heavy atom. The zero-order valence-corrected chi connectivity index (χ0v) is 21.2. The first kappa shape index (κ1) is 37.4. The average Bonchev–Trinajstić information content (AvgIpc) is 2.92. The van der Waals surface area contributed by atoms with Crippen molar-refractivity contribution in [3.05, 3.63) is 35.4 Å². The lowest BCUT2D eigenvalue weighted by atomic mass is 10.1. The van der Waals surface area contributed by atoms with Gasteiger partial charge in [0.15, 0.2) is 0 Å². The van der Waals surface area contributed by atoms with Gasteiger partial charge in [0, 0.05) is 12.8 Å². The molecule has 0 radical (unpaired) electrons. The van der Waals surface area contributed by atoms with E-state index in [4.69, 9.17) is 25.5 Å². The van der Waals surface area contributed by atoms with E-state index in [-0.39, 0.29) is 44.6 Å². The number of aliphatic hydroxyl groups is 5. The Labute approximate surface area is 210 Å². The number of hydrogen-bond donors (Lipinski definition) is 5. The zero-order chi connectivity index (χ0) is 28.5. The van der Waals surface area contributed by atoms with E-state index in [9.17, 15) is 19.2 Å². The van der Waals surface area contributed by atoms with Crippen molar-refractivity contribution in [1.29, 1.82) is 0 Å². The summed E-state index contributed by atoms with van der Waals surface area (Å²) in [6.45, 7) is 0.660. The van der Waals surface area contributed by atoms with Crippen LogP contribution in [0.5, 0.6) is 0 Å². The maximum absolute atomic E-state index is 11.0. The van der Waals surface area contributed by atoms with Gasteiger partial charge in [0.05, 0.1) is 65.5 Å². The molecule has 0 aromatic heterocycles. The second-order valence-electron chi connectivity index (χ2n) is 6.62. The Morgan fingerprint density at radius 1 is 0.667 bits per heavy atom. The first-order valence-corrected chi connectivity index (χ1v) is 10.6. The molecule has 1 aromatic carbocycles. The topological polar surface area (TPSA) is 206 Å². The largest absolute Gasteiger partial charge is 0.469 e. The molecule has 13 heteroatoms. The molecule has 0 aliphatic heterocycles. The zero-order valence-electron chi connectivity index (χ0n) is 21.2. The summed E-state index contributed by atoms with van der Waals surface area (Å²) in [5.74, 6) is -1.45. The monoisotopic (exact) mass is 522 g/mol. The molecular weight excluding hydrogens is 484 g/mol. The highest BCUT2D eigenvalue weighted by Crippen LogP contribution is 2.06. The highest BCUT2D eigenvalue weighted by molar-refractivity contribution is 5.93. The molecule has 0 saturated heterocycles. The van der Waals surface area contributed by atoms with Gasteiger partial charge in [-0.25, -0.2) is 9.59 Å². The molecular formula is C23H38O13. The van der Waals surface area contributed by atoms with Gasteiger partial charge in [-0.05, 0) is 37.6 Å². The molecule has 0 bridgehead atoms. The molecule has 0 saturated carbocycles. The van der Waals surface area contributed by atoms with Crippen LogP contribution in [0.15, 0.2) is 24.3 Å². The van der Waals surface area contributed by atoms with Gasteiger partial charge in [-0.2, -0.15) is 0 Å². The summed E-state index contributed by atoms with van der Waals surface area (Å²) in [7, 11) is 5.24. The average molecular weight is 523 g/mol. The number of ether oxygens (including phenoxy) is 4. The van der Waals surface area contributed by atoms with Crippen molar-refractivity contribution >= 4 is 23.9 Å². The van der Waals surface area contributed by atoms with Crippen LogP contribution in [0, 0.1) is 0 Å². The molecule has 1 aromatic rings. The van der Waals surface area contributed by atoms with E-state index in [1.165, 1.54) is 59.6 Å². The number of carbonyl (C=O) groups is 4. The standard InChI is InChI=1S/C10H10O4.C7H12O4.C3H8O3.C3H8O2/c1-13-9(11)7-3-5-8(6-4-7)10(12)14-2;1-10-6(8)4-3-5-7(9)11-2;4-1-3(6)2-5;1-3(5)2-4/h3-6H,1-2H3;3-5H2,1-2H3;3-6H,1-2H2;3-5H,2H2,1H3. The van der Waals surface area contributed by atoms with Crippen molar-refractivity contribution in [3.63, 3.8) is 0 Å². The smallest absolute Gasteiger partial charge is 0.337 e. The third-order valence-electron chi connectivity index (χ3n) is 3.63. The van der Waals surface area contributed by atoms with Crippen molar-refractivity contribution in [3.8, 4) is 0 Å². The van der Waals surface area contributed by atoms with Crippen LogP contribution in [0.25, 0.3) is 0 Å². The Kier molecular flexibility index (Phi) is 26.0. The maximum Gasteiger partial charge on any atom is 0.337 e. The molecule has 0 fully saturated rings. The summed E-state index contributed by atoms with van der Waals surface area (Å²) < 4.78 is 17.8. The van der Waals surface area contributed by atoms with Crippen molar-refractivity contribution in [2.24, 2.45) is 0 Å². The quantitative estimate of drug-likeness (QED) is 0.204. The molecule has 0 aliphatic rings. The SMILES string of the molecule is CC(O)CO.COC(=O)CCCC(=O)OC.COC(=O)c1ccc(C(=O)OC)cc1.OCC(O)CO. The highest BCUT2D eigenvalue weighted by Gasteiger charge is 2.08. The van der Waals surface area contributed by atoms with Gasteiger partial charge >= 0.3 is 23.9 Å². The lowest BCUT2D eigenvalue weighted by molar-refractivity contribution is -0.142. The van der Waals surface area contributed by atoms with E-state index < -0.39 is 24.1 Å². The van der Waals surface area contributed by atoms with Crippen LogP contribution in [0.4, 0.5) is 0 Å². The molecule has 0 aliphatic carbocycles. The number of rotatable bonds is 9. The minimum atomic E-state index is -0.954. The van der Waals surface area contributed by atoms with Crippen LogP contribution in [0.3, 0.4) is 0 Å². The number of aliphatic hydroxyl groups excluding tert-OH is 5. The normalized spacial score (nSPS) is 10.1. The van der Waals surface area contributed by atoms with Gasteiger partial charge in [0.1, 0.15) is 6.10 Å². The van der Waals surface area contributed by atoms with Crippen LogP contribution in [0.1, 0.15) is 46.9 Å². The predicted octanol–water partition coefficient (Wildman–Crippen LogP) is -0.546. The van der Waals surface area contributed by atoms with Crippen LogP contribution >= 0.6 is 0 Å². The fourth-order valence-corrected chi connectivity index (χ4v) is 1.62. The molecule has 208 valence electrons. The molecule has 5 N–H and O–H groups in total. The third kappa shape index (κ3) is 22.7. The summed E-state index contributed by atoms with van der Waals surface area (Å²) in [5, 5.41) is 40.0. The van der Waals surface area contributed by atoms with Gasteiger partial charge < -0.3 is 44.5 Å². The fourth-order valence-electron chi connectivity index (χ4n) is 1.62. The predicted molar refractivity (Wildman–Crippen MR) is 126 cm³/mol. The molecule has 0 heterocycles. The second-order valence-corrected chi connectivity index (χ2v) is 6.62. The summed E-state index contributed by atoms with van der Waals surface area (Å²) >= 11 is 0. The van der Waals surface area contributed by atoms with E-state index >= 15 is 0 Å². The van der Waals surface area contributed by atoms with Gasteiger partial charge in [-0.3, -0.25) is 9.59 Å². The number of hydrogen-bond acceptors (Lipinski definition) is 13.